The molecule has 1 aromatic heterocycles. The zero-order valence-electron chi connectivity index (χ0n) is 22.7. The van der Waals surface area contributed by atoms with Crippen molar-refractivity contribution < 1.29 is 23.9 Å². The lowest BCUT2D eigenvalue weighted by atomic mass is 9.96. The normalized spacial score (nSPS) is 15.7. The molecule has 0 radical (unpaired) electrons. The molecule has 218 valence electrons. The van der Waals surface area contributed by atoms with E-state index in [2.05, 4.69) is 15.6 Å². The van der Waals surface area contributed by atoms with Crippen LogP contribution in [0.15, 0.2) is 39.7 Å². The van der Waals surface area contributed by atoms with Gasteiger partial charge in [0, 0.05) is 43.7 Å². The number of aliphatic carboxylic acids is 1. The van der Waals surface area contributed by atoms with E-state index in [1.165, 1.54) is 0 Å². The first-order valence-electron chi connectivity index (χ1n) is 13.5. The van der Waals surface area contributed by atoms with Crippen LogP contribution >= 0.6 is 23.2 Å². The van der Waals surface area contributed by atoms with E-state index in [1.807, 2.05) is 36.1 Å². The molecular formula is C29H28Cl2N6O5. The first-order chi connectivity index (χ1) is 20.2. The third-order valence-electron chi connectivity index (χ3n) is 7.59. The molecular weight excluding hydrogens is 583 g/mol. The number of rotatable bonds is 6. The molecule has 0 aliphatic carbocycles. The number of guanidine groups is 1. The Kier molecular flexibility index (Phi) is 8.56. The molecule has 5 rings (SSSR count). The van der Waals surface area contributed by atoms with Crippen LogP contribution in [0.5, 0.6) is 0 Å². The Morgan fingerprint density at radius 1 is 1.17 bits per heavy atom. The number of carboxylic acids is 1. The zero-order valence-corrected chi connectivity index (χ0v) is 24.3. The van der Waals surface area contributed by atoms with Gasteiger partial charge in [0.05, 0.1) is 15.6 Å². The number of aryl methyl sites for hydroxylation is 1. The van der Waals surface area contributed by atoms with Gasteiger partial charge in [-0.2, -0.15) is 5.26 Å². The van der Waals surface area contributed by atoms with E-state index in [0.29, 0.717) is 42.8 Å². The molecule has 2 amide bonds. The van der Waals surface area contributed by atoms with Gasteiger partial charge < -0.3 is 30.0 Å². The number of halogens is 2. The molecule has 3 heterocycles. The number of nitrogens with zero attached hydrogens (tertiary/aromatic N) is 4. The minimum Gasteiger partial charge on any atom is -0.480 e. The van der Waals surface area contributed by atoms with E-state index < -0.39 is 17.9 Å². The summed E-state index contributed by atoms with van der Waals surface area (Å²) in [5.74, 6) is -1.76. The second-order valence-corrected chi connectivity index (χ2v) is 11.0. The van der Waals surface area contributed by atoms with Crippen LogP contribution in [0.25, 0.3) is 11.0 Å². The van der Waals surface area contributed by atoms with Crippen LogP contribution in [0.3, 0.4) is 0 Å². The van der Waals surface area contributed by atoms with E-state index in [4.69, 9.17) is 32.9 Å². The van der Waals surface area contributed by atoms with E-state index in [-0.39, 0.29) is 46.3 Å². The predicted molar refractivity (Wildman–Crippen MR) is 157 cm³/mol. The SMILES string of the molecule is Cc1c(C(=O)N2CCc3c(cc(Cl)c(C(=O)N[C@@H](CN/C(=N/C#N)N4CCCC4)C(=O)O)c3Cl)C2)oc2ccccc12. The molecule has 2 aliphatic rings. The zero-order chi connectivity index (χ0) is 30.0. The number of aliphatic imine (C=N–C) groups is 1. The molecule has 1 saturated heterocycles. The number of fused-ring (bicyclic) bond motifs is 2. The van der Waals surface area contributed by atoms with Crippen LogP contribution in [-0.2, 0) is 17.8 Å². The molecule has 0 unspecified atom stereocenters. The summed E-state index contributed by atoms with van der Waals surface area (Å²) in [4.78, 5) is 45.9. The summed E-state index contributed by atoms with van der Waals surface area (Å²) in [7, 11) is 0. The molecule has 1 fully saturated rings. The van der Waals surface area contributed by atoms with Gasteiger partial charge in [-0.3, -0.25) is 9.59 Å². The highest BCUT2D eigenvalue weighted by Crippen LogP contribution is 2.35. The van der Waals surface area contributed by atoms with Gasteiger partial charge in [-0.25, -0.2) is 4.79 Å². The monoisotopic (exact) mass is 610 g/mol. The van der Waals surface area contributed by atoms with Gasteiger partial charge in [-0.05, 0) is 49.4 Å². The molecule has 13 heteroatoms. The summed E-state index contributed by atoms with van der Waals surface area (Å²) in [5, 5.41) is 25.2. The highest BCUT2D eigenvalue weighted by atomic mass is 35.5. The number of nitriles is 1. The number of carbonyl (C=O) groups is 3. The maximum absolute atomic E-state index is 13.4. The predicted octanol–water partition coefficient (Wildman–Crippen LogP) is 3.95. The molecule has 0 saturated carbocycles. The molecule has 2 aromatic carbocycles. The fraction of sp³-hybridized carbons (Fsp3) is 0.345. The topological polar surface area (TPSA) is 151 Å². The molecule has 42 heavy (non-hydrogen) atoms. The van der Waals surface area contributed by atoms with Crippen LogP contribution in [0, 0.1) is 18.4 Å². The van der Waals surface area contributed by atoms with Crippen molar-refractivity contribution in [2.45, 2.75) is 38.8 Å². The number of para-hydroxylation sites is 1. The number of carboxylic acid groups (broad SMARTS) is 1. The molecule has 0 spiro atoms. The number of hydrogen-bond acceptors (Lipinski definition) is 6. The second-order valence-electron chi connectivity index (χ2n) is 10.2. The first kappa shape index (κ1) is 29.2. The van der Waals surface area contributed by atoms with E-state index >= 15 is 0 Å². The summed E-state index contributed by atoms with van der Waals surface area (Å²) < 4.78 is 5.86. The van der Waals surface area contributed by atoms with Crippen molar-refractivity contribution in [2.24, 2.45) is 4.99 Å². The lowest BCUT2D eigenvalue weighted by Gasteiger charge is -2.30. The van der Waals surface area contributed by atoms with E-state index in [0.717, 1.165) is 23.8 Å². The molecule has 3 N–H and O–H groups in total. The largest absolute Gasteiger partial charge is 0.480 e. The lowest BCUT2D eigenvalue weighted by molar-refractivity contribution is -0.139. The van der Waals surface area contributed by atoms with Crippen molar-refractivity contribution in [1.29, 1.82) is 5.26 Å². The van der Waals surface area contributed by atoms with Gasteiger partial charge in [0.15, 0.2) is 5.76 Å². The molecule has 0 bridgehead atoms. The number of amides is 2. The average Bonchev–Trinajstić information content (AvgIpc) is 3.62. The van der Waals surface area contributed by atoms with E-state index in [9.17, 15) is 19.5 Å². The minimum atomic E-state index is -1.35. The van der Waals surface area contributed by atoms with Crippen LogP contribution in [0.4, 0.5) is 0 Å². The van der Waals surface area contributed by atoms with Gasteiger partial charge >= 0.3 is 5.97 Å². The highest BCUT2D eigenvalue weighted by Gasteiger charge is 2.31. The standard InChI is InChI=1S/C29H28Cl2N6O5/c1-16-18-6-2-3-7-22(18)42-25(16)27(39)37-11-8-19-17(14-37)12-20(30)23(24(19)31)26(38)35-21(28(40)41)13-33-29(34-15-32)36-9-4-5-10-36/h2-3,6-7,12,21H,4-5,8-11,13-14H2,1H3,(H,33,34)(H,35,38)(H,40,41)/t21-/m0/s1. The van der Waals surface area contributed by atoms with Crippen molar-refractivity contribution in [3.8, 4) is 6.19 Å². The van der Waals surface area contributed by atoms with Crippen molar-refractivity contribution >= 4 is 57.9 Å². The smallest absolute Gasteiger partial charge is 0.328 e. The molecule has 1 atom stereocenters. The van der Waals surface area contributed by atoms with E-state index in [1.54, 1.807) is 17.2 Å². The highest BCUT2D eigenvalue weighted by molar-refractivity contribution is 6.40. The van der Waals surface area contributed by atoms with Crippen molar-refractivity contribution in [2.75, 3.05) is 26.2 Å². The summed E-state index contributed by atoms with van der Waals surface area (Å²) in [6.07, 6.45) is 3.96. The van der Waals surface area contributed by atoms with Crippen LogP contribution in [-0.4, -0.2) is 70.9 Å². The summed E-state index contributed by atoms with van der Waals surface area (Å²) in [6.45, 7) is 3.57. The Morgan fingerprint density at radius 3 is 2.60 bits per heavy atom. The second kappa shape index (κ2) is 12.3. The van der Waals surface area contributed by atoms with Crippen molar-refractivity contribution in [1.82, 2.24) is 20.4 Å². The number of likely N-dealkylation sites (tertiary alicyclic amines) is 1. The fourth-order valence-electron chi connectivity index (χ4n) is 5.38. The number of carbonyl (C=O) groups excluding carboxylic acids is 2. The minimum absolute atomic E-state index is 0.0337. The van der Waals surface area contributed by atoms with Gasteiger partial charge in [-0.15, -0.1) is 4.99 Å². The number of furan rings is 1. The molecule has 2 aliphatic heterocycles. The Balaban J connectivity index is 1.31. The first-order valence-corrected chi connectivity index (χ1v) is 14.2. The van der Waals surface area contributed by atoms with Crippen molar-refractivity contribution in [3.63, 3.8) is 0 Å². The van der Waals surface area contributed by atoms with Gasteiger partial charge in [0.25, 0.3) is 11.8 Å². The Labute approximate surface area is 251 Å². The van der Waals surface area contributed by atoms with Gasteiger partial charge in [0.1, 0.15) is 11.6 Å². The summed E-state index contributed by atoms with van der Waals surface area (Å²) in [6, 6.07) is 7.68. The maximum atomic E-state index is 13.4. The van der Waals surface area contributed by atoms with Gasteiger partial charge in [0.2, 0.25) is 12.2 Å². The molecule has 3 aromatic rings. The third-order valence-corrected chi connectivity index (χ3v) is 8.30. The number of benzene rings is 2. The van der Waals surface area contributed by atoms with Crippen LogP contribution in [0.1, 0.15) is 50.4 Å². The number of nitrogens with one attached hydrogen (secondary N) is 2. The average molecular weight is 611 g/mol. The quantitative estimate of drug-likeness (QED) is 0.215. The lowest BCUT2D eigenvalue weighted by Crippen LogP contribution is -2.51. The maximum Gasteiger partial charge on any atom is 0.328 e. The Hall–Kier alpha value is -4.27. The van der Waals surface area contributed by atoms with Crippen LogP contribution < -0.4 is 10.6 Å². The summed E-state index contributed by atoms with van der Waals surface area (Å²) in [5.41, 5.74) is 2.71. The fourth-order valence-corrected chi connectivity index (χ4v) is 6.14. The third kappa shape index (κ3) is 5.73. The molecule has 11 nitrogen and oxygen atoms in total. The number of hydrogen-bond donors (Lipinski definition) is 3. The summed E-state index contributed by atoms with van der Waals surface area (Å²) >= 11 is 13.2. The van der Waals surface area contributed by atoms with Crippen LogP contribution in [0.2, 0.25) is 10.0 Å². The Bertz CT molecular complexity index is 1640. The van der Waals surface area contributed by atoms with Crippen molar-refractivity contribution in [3.05, 3.63) is 68.4 Å². The Morgan fingerprint density at radius 2 is 1.90 bits per heavy atom. The van der Waals surface area contributed by atoms with Gasteiger partial charge in [-0.1, -0.05) is 41.4 Å².